The largest absolute Gasteiger partial charge is 0.354 e. The highest BCUT2D eigenvalue weighted by Gasteiger charge is 2.17. The summed E-state index contributed by atoms with van der Waals surface area (Å²) >= 11 is 12.3. The van der Waals surface area contributed by atoms with Crippen molar-refractivity contribution >= 4 is 70.9 Å². The smallest absolute Gasteiger partial charge is 0.0538 e. The Balaban J connectivity index is 2.11. The van der Waals surface area contributed by atoms with Crippen molar-refractivity contribution in [3.8, 4) is 0 Å². The van der Waals surface area contributed by atoms with Crippen LogP contribution >= 0.6 is 59.6 Å². The topological polar surface area (TPSA) is 12.0 Å². The average Bonchev–Trinajstić information content (AvgIpc) is 2.28. The molecular weight excluding hydrogens is 430 g/mol. The van der Waals surface area contributed by atoms with Gasteiger partial charge >= 0.3 is 0 Å². The van der Waals surface area contributed by atoms with Gasteiger partial charge in [0.15, 0.2) is 0 Å². The molecule has 86 valence electrons. The molecule has 17 heavy (non-hydrogen) atoms. The lowest BCUT2D eigenvalue weighted by atomic mass is 10.2. The first-order chi connectivity index (χ1) is 8.13. The molecule has 0 aliphatic carbocycles. The van der Waals surface area contributed by atoms with Gasteiger partial charge in [-0.3, -0.25) is 0 Å². The fourth-order valence-corrected chi connectivity index (χ4v) is 4.06. The van der Waals surface area contributed by atoms with E-state index in [1.54, 1.807) is 11.8 Å². The van der Waals surface area contributed by atoms with Crippen molar-refractivity contribution in [1.29, 1.82) is 0 Å². The Morgan fingerprint density at radius 1 is 0.824 bits per heavy atom. The Morgan fingerprint density at radius 3 is 2.35 bits per heavy atom. The molecule has 1 aliphatic rings. The number of anilines is 2. The van der Waals surface area contributed by atoms with Crippen molar-refractivity contribution in [2.24, 2.45) is 0 Å². The van der Waals surface area contributed by atoms with Crippen molar-refractivity contribution in [3.63, 3.8) is 0 Å². The lowest BCUT2D eigenvalue weighted by molar-refractivity contribution is 1.29. The molecule has 0 unspecified atom stereocenters. The van der Waals surface area contributed by atoms with Crippen LogP contribution in [0, 0.1) is 0 Å². The summed E-state index contributed by atoms with van der Waals surface area (Å²) in [4.78, 5) is 2.46. The molecule has 2 aromatic rings. The predicted molar refractivity (Wildman–Crippen MR) is 83.4 cm³/mol. The van der Waals surface area contributed by atoms with Gasteiger partial charge in [-0.15, -0.1) is 0 Å². The second-order valence-corrected chi connectivity index (χ2v) is 7.34. The molecule has 1 N–H and O–H groups in total. The summed E-state index contributed by atoms with van der Waals surface area (Å²) in [5.74, 6) is 0. The van der Waals surface area contributed by atoms with Crippen LogP contribution in [0.1, 0.15) is 0 Å². The van der Waals surface area contributed by atoms with Gasteiger partial charge in [0, 0.05) is 23.2 Å². The van der Waals surface area contributed by atoms with E-state index in [4.69, 9.17) is 0 Å². The summed E-state index contributed by atoms with van der Waals surface area (Å²) in [5, 5.41) is 3.44. The third-order valence-corrected chi connectivity index (χ3v) is 5.91. The molecule has 0 saturated carbocycles. The van der Waals surface area contributed by atoms with Crippen molar-refractivity contribution in [1.82, 2.24) is 0 Å². The molecule has 0 aromatic heterocycles. The summed E-state index contributed by atoms with van der Waals surface area (Å²) in [6.45, 7) is 0. The fourth-order valence-electron chi connectivity index (χ4n) is 1.66. The molecular formula is C12H6Br3NS. The zero-order valence-electron chi connectivity index (χ0n) is 8.43. The molecule has 0 saturated heterocycles. The normalized spacial score (nSPS) is 12.6. The summed E-state index contributed by atoms with van der Waals surface area (Å²) in [7, 11) is 0. The van der Waals surface area contributed by atoms with E-state index in [9.17, 15) is 0 Å². The number of nitrogens with one attached hydrogen (secondary N) is 1. The lowest BCUT2D eigenvalue weighted by Gasteiger charge is -2.21. The van der Waals surface area contributed by atoms with E-state index in [0.717, 1.165) is 24.8 Å². The van der Waals surface area contributed by atoms with Crippen LogP contribution in [0.15, 0.2) is 53.5 Å². The molecule has 0 radical (unpaired) electrons. The van der Waals surface area contributed by atoms with Crippen LogP contribution in [-0.2, 0) is 0 Å². The molecule has 1 aliphatic heterocycles. The first kappa shape index (κ1) is 12.1. The van der Waals surface area contributed by atoms with Gasteiger partial charge in [0.25, 0.3) is 0 Å². The summed E-state index contributed by atoms with van der Waals surface area (Å²) in [6, 6.07) is 10.5. The molecule has 2 aromatic carbocycles. The quantitative estimate of drug-likeness (QED) is 0.452. The number of hydrogen-bond acceptors (Lipinski definition) is 2. The van der Waals surface area contributed by atoms with E-state index in [-0.39, 0.29) is 0 Å². The predicted octanol–water partition coefficient (Wildman–Crippen LogP) is 6.18. The molecule has 1 nitrogen and oxygen atoms in total. The molecule has 1 heterocycles. The first-order valence-electron chi connectivity index (χ1n) is 4.87. The van der Waals surface area contributed by atoms with Crippen LogP contribution < -0.4 is 5.32 Å². The SMILES string of the molecule is Brc1ccc2c(c1)Sc1cc(Br)c(Br)cc1N2. The van der Waals surface area contributed by atoms with Gasteiger partial charge in [0.05, 0.1) is 11.4 Å². The van der Waals surface area contributed by atoms with Crippen LogP contribution in [0.25, 0.3) is 0 Å². The van der Waals surface area contributed by atoms with E-state index < -0.39 is 0 Å². The molecule has 0 fully saturated rings. The van der Waals surface area contributed by atoms with Gasteiger partial charge in [0.2, 0.25) is 0 Å². The van der Waals surface area contributed by atoms with E-state index in [1.807, 2.05) is 6.07 Å². The van der Waals surface area contributed by atoms with Crippen LogP contribution in [0.5, 0.6) is 0 Å². The minimum Gasteiger partial charge on any atom is -0.354 e. The Hall–Kier alpha value is 0.0300. The van der Waals surface area contributed by atoms with Gasteiger partial charge in [0.1, 0.15) is 0 Å². The monoisotopic (exact) mass is 433 g/mol. The van der Waals surface area contributed by atoms with E-state index >= 15 is 0 Å². The molecule has 0 bridgehead atoms. The first-order valence-corrected chi connectivity index (χ1v) is 8.06. The summed E-state index contributed by atoms with van der Waals surface area (Å²) < 4.78 is 3.24. The molecule has 0 amide bonds. The maximum absolute atomic E-state index is 3.53. The minimum absolute atomic E-state index is 1.06. The Labute approximate surface area is 129 Å². The van der Waals surface area contributed by atoms with Gasteiger partial charge in [-0.05, 0) is 62.2 Å². The Kier molecular flexibility index (Phi) is 3.28. The van der Waals surface area contributed by atoms with Crippen molar-refractivity contribution in [2.75, 3.05) is 5.32 Å². The van der Waals surface area contributed by atoms with Crippen LogP contribution in [0.3, 0.4) is 0 Å². The standard InChI is InChI=1S/C12H6Br3NS/c13-6-1-2-9-11(3-6)17-12-5-8(15)7(14)4-10(12)16-9/h1-5,16H. The second-order valence-electron chi connectivity index (χ2n) is 3.63. The van der Waals surface area contributed by atoms with Crippen LogP contribution in [-0.4, -0.2) is 0 Å². The Bertz CT molecular complexity index is 613. The number of fused-ring (bicyclic) bond motifs is 2. The zero-order chi connectivity index (χ0) is 12.0. The van der Waals surface area contributed by atoms with Crippen LogP contribution in [0.2, 0.25) is 0 Å². The molecule has 5 heteroatoms. The van der Waals surface area contributed by atoms with E-state index in [0.29, 0.717) is 0 Å². The van der Waals surface area contributed by atoms with Crippen molar-refractivity contribution in [3.05, 3.63) is 43.7 Å². The highest BCUT2D eigenvalue weighted by molar-refractivity contribution is 9.13. The fraction of sp³-hybridized carbons (Fsp3) is 0. The highest BCUT2D eigenvalue weighted by Crippen LogP contribution is 2.47. The lowest BCUT2D eigenvalue weighted by Crippen LogP contribution is -1.99. The number of benzene rings is 2. The van der Waals surface area contributed by atoms with E-state index in [1.165, 1.54) is 9.79 Å². The third kappa shape index (κ3) is 2.30. The molecule has 3 rings (SSSR count). The average molecular weight is 436 g/mol. The number of halogens is 3. The zero-order valence-corrected chi connectivity index (χ0v) is 14.0. The minimum atomic E-state index is 1.06. The van der Waals surface area contributed by atoms with Gasteiger partial charge in [-0.25, -0.2) is 0 Å². The van der Waals surface area contributed by atoms with Crippen molar-refractivity contribution < 1.29 is 0 Å². The summed E-state index contributed by atoms with van der Waals surface area (Å²) in [5.41, 5.74) is 2.29. The maximum Gasteiger partial charge on any atom is 0.0538 e. The third-order valence-electron chi connectivity index (χ3n) is 2.46. The number of hydrogen-bond donors (Lipinski definition) is 1. The van der Waals surface area contributed by atoms with Gasteiger partial charge < -0.3 is 5.32 Å². The van der Waals surface area contributed by atoms with Crippen molar-refractivity contribution in [2.45, 2.75) is 9.79 Å². The molecule has 0 atom stereocenters. The van der Waals surface area contributed by atoms with Crippen LogP contribution in [0.4, 0.5) is 11.4 Å². The summed E-state index contributed by atoms with van der Waals surface area (Å²) in [6.07, 6.45) is 0. The second kappa shape index (κ2) is 4.61. The maximum atomic E-state index is 3.53. The number of rotatable bonds is 0. The van der Waals surface area contributed by atoms with Gasteiger partial charge in [-0.2, -0.15) is 0 Å². The van der Waals surface area contributed by atoms with Gasteiger partial charge in [-0.1, -0.05) is 27.7 Å². The molecule has 0 spiro atoms. The highest BCUT2D eigenvalue weighted by atomic mass is 79.9. The van der Waals surface area contributed by atoms with E-state index in [2.05, 4.69) is 77.4 Å². The Morgan fingerprint density at radius 2 is 1.53 bits per heavy atom.